The molecule has 13 nitrogen and oxygen atoms in total. The zero-order valence-electron chi connectivity index (χ0n) is 19.8. The number of amidine groups is 1. The number of nitrogen functional groups attached to an aromatic ring is 1. The lowest BCUT2D eigenvalue weighted by molar-refractivity contribution is -0.139. The van der Waals surface area contributed by atoms with Gasteiger partial charge in [-0.1, -0.05) is 54.6 Å². The van der Waals surface area contributed by atoms with Crippen molar-refractivity contribution in [1.82, 2.24) is 20.9 Å². The Balaban J connectivity index is 1.55. The quantitative estimate of drug-likeness (QED) is 0.148. The molecule has 1 heterocycles. The molecule has 7 N–H and O–H groups in total. The van der Waals surface area contributed by atoms with E-state index in [1.165, 1.54) is 19.1 Å². The van der Waals surface area contributed by atoms with Gasteiger partial charge >= 0.3 is 18.1 Å². The summed E-state index contributed by atoms with van der Waals surface area (Å²) in [5, 5.41) is 23.8. The molecule has 5 amide bonds. The predicted octanol–water partition coefficient (Wildman–Crippen LogP) is 0.233. The summed E-state index contributed by atoms with van der Waals surface area (Å²) in [7, 11) is 0. The third kappa shape index (κ3) is 6.39. The molecule has 2 atom stereocenters. The number of urea groups is 1. The zero-order valence-corrected chi connectivity index (χ0v) is 19.8. The lowest BCUT2D eigenvalue weighted by Gasteiger charge is -2.22. The molecule has 2 aromatic rings. The van der Waals surface area contributed by atoms with Crippen molar-refractivity contribution in [3.63, 3.8) is 0 Å². The van der Waals surface area contributed by atoms with Gasteiger partial charge in [0, 0.05) is 12.1 Å². The van der Waals surface area contributed by atoms with Crippen LogP contribution < -0.4 is 21.7 Å². The van der Waals surface area contributed by atoms with Crippen LogP contribution in [0.25, 0.3) is 0 Å². The van der Waals surface area contributed by atoms with Gasteiger partial charge < -0.3 is 31.5 Å². The highest BCUT2D eigenvalue weighted by atomic mass is 16.5. The lowest BCUT2D eigenvalue weighted by Crippen LogP contribution is -2.50. The lowest BCUT2D eigenvalue weighted by atomic mass is 9.91. The molecule has 3 rings (SSSR count). The number of amides is 5. The summed E-state index contributed by atoms with van der Waals surface area (Å²) in [6, 6.07) is 12.6. The second-order valence-electron chi connectivity index (χ2n) is 8.34. The van der Waals surface area contributed by atoms with E-state index in [9.17, 15) is 29.1 Å². The first-order valence-corrected chi connectivity index (χ1v) is 11.1. The molecule has 1 saturated heterocycles. The minimum Gasteiger partial charge on any atom is -0.480 e. The summed E-state index contributed by atoms with van der Waals surface area (Å²) >= 11 is 0. The van der Waals surface area contributed by atoms with E-state index >= 15 is 0 Å². The second-order valence-corrected chi connectivity index (χ2v) is 8.34. The number of carbonyl (C=O) groups excluding carboxylic acids is 4. The largest absolute Gasteiger partial charge is 0.480 e. The number of hydrogen-bond donors (Lipinski definition) is 6. The second kappa shape index (κ2) is 11.2. The molecule has 1 unspecified atom stereocenters. The standard InChI is InChI=1S/C24H26N6O7/c1-24(16-9-7-15(8-10-16)19(25)26)21(34)30(22(35)29-24)12-18(31)27-11-17(20(32)33)28-23(36)37-13-14-5-3-2-4-6-14/h2-10,17H,11-13H2,1H3,(H3,25,26)(H,27,31)(H,28,36)(H,29,35)(H,32,33)/t17-,24?/m0/s1. The number of ether oxygens (including phenoxy) is 1. The SMILES string of the molecule is CC1(c2ccc(C(=N)N)cc2)NC(=O)N(CC(=O)NC[C@H](NC(=O)OCc2ccccc2)C(=O)O)C1=O. The van der Waals surface area contributed by atoms with Crippen LogP contribution in [0.3, 0.4) is 0 Å². The number of nitrogens with two attached hydrogens (primary N) is 1. The average molecular weight is 511 g/mol. The first kappa shape index (κ1) is 26.7. The third-order valence-electron chi connectivity index (χ3n) is 5.66. The zero-order chi connectivity index (χ0) is 27.2. The Morgan fingerprint density at radius 2 is 1.78 bits per heavy atom. The van der Waals surface area contributed by atoms with Crippen molar-refractivity contribution < 1.29 is 33.8 Å². The van der Waals surface area contributed by atoms with Gasteiger partial charge in [-0.15, -0.1) is 0 Å². The van der Waals surface area contributed by atoms with E-state index in [-0.39, 0.29) is 12.4 Å². The van der Waals surface area contributed by atoms with Gasteiger partial charge in [0.2, 0.25) is 5.91 Å². The average Bonchev–Trinajstić information content (AvgIpc) is 3.09. The molecule has 0 aromatic heterocycles. The maximum atomic E-state index is 13.0. The van der Waals surface area contributed by atoms with E-state index in [2.05, 4.69) is 16.0 Å². The number of rotatable bonds is 10. The Bertz CT molecular complexity index is 1220. The first-order valence-electron chi connectivity index (χ1n) is 11.1. The molecule has 1 aliphatic heterocycles. The maximum absolute atomic E-state index is 13.0. The van der Waals surface area contributed by atoms with Gasteiger partial charge in [0.25, 0.3) is 5.91 Å². The molecule has 0 aliphatic carbocycles. The molecule has 37 heavy (non-hydrogen) atoms. The molecule has 0 spiro atoms. The normalized spacial score (nSPS) is 17.5. The fourth-order valence-electron chi connectivity index (χ4n) is 3.54. The Kier molecular flexibility index (Phi) is 8.07. The molecule has 1 aliphatic rings. The molecule has 194 valence electrons. The number of alkyl carbamates (subject to hydrolysis) is 1. The minimum absolute atomic E-state index is 0.0756. The topological polar surface area (TPSA) is 204 Å². The van der Waals surface area contributed by atoms with E-state index < -0.39 is 54.6 Å². The monoisotopic (exact) mass is 510 g/mol. The minimum atomic E-state index is -1.51. The fourth-order valence-corrected chi connectivity index (χ4v) is 3.54. The van der Waals surface area contributed by atoms with Crippen molar-refractivity contribution in [3.05, 3.63) is 71.3 Å². The van der Waals surface area contributed by atoms with Gasteiger partial charge in [-0.3, -0.25) is 19.9 Å². The van der Waals surface area contributed by atoms with Crippen molar-refractivity contribution in [2.24, 2.45) is 5.73 Å². The van der Waals surface area contributed by atoms with E-state index in [1.807, 2.05) is 0 Å². The van der Waals surface area contributed by atoms with Gasteiger partial charge in [0.05, 0.1) is 0 Å². The molecule has 2 aromatic carbocycles. The number of carbonyl (C=O) groups is 5. The molecule has 0 bridgehead atoms. The number of hydrogen-bond acceptors (Lipinski definition) is 7. The Labute approximate surface area is 211 Å². The van der Waals surface area contributed by atoms with Crippen LogP contribution in [0.15, 0.2) is 54.6 Å². The van der Waals surface area contributed by atoms with E-state index in [0.29, 0.717) is 21.6 Å². The highest BCUT2D eigenvalue weighted by Crippen LogP contribution is 2.28. The van der Waals surface area contributed by atoms with E-state index in [1.54, 1.807) is 42.5 Å². The van der Waals surface area contributed by atoms with Crippen LogP contribution in [0.4, 0.5) is 9.59 Å². The van der Waals surface area contributed by atoms with Crippen LogP contribution in [0.2, 0.25) is 0 Å². The van der Waals surface area contributed by atoms with Crippen molar-refractivity contribution in [3.8, 4) is 0 Å². The summed E-state index contributed by atoms with van der Waals surface area (Å²) in [6.07, 6.45) is -0.994. The van der Waals surface area contributed by atoms with Crippen molar-refractivity contribution >= 4 is 35.7 Å². The van der Waals surface area contributed by atoms with Crippen LogP contribution in [0, 0.1) is 5.41 Å². The Morgan fingerprint density at radius 1 is 1.14 bits per heavy atom. The van der Waals surface area contributed by atoms with Crippen LogP contribution >= 0.6 is 0 Å². The molecule has 0 saturated carbocycles. The summed E-state index contributed by atoms with van der Waals surface area (Å²) in [6.45, 7) is 0.214. The Morgan fingerprint density at radius 3 is 2.38 bits per heavy atom. The smallest absolute Gasteiger partial charge is 0.408 e. The van der Waals surface area contributed by atoms with Crippen LogP contribution in [-0.4, -0.2) is 64.9 Å². The number of aliphatic carboxylic acids is 1. The number of carboxylic acid groups (broad SMARTS) is 1. The van der Waals surface area contributed by atoms with Gasteiger partial charge in [0.1, 0.15) is 30.6 Å². The maximum Gasteiger partial charge on any atom is 0.408 e. The number of imide groups is 1. The van der Waals surface area contributed by atoms with E-state index in [0.717, 1.165) is 0 Å². The van der Waals surface area contributed by atoms with E-state index in [4.69, 9.17) is 15.9 Å². The molecular formula is C24H26N6O7. The molecule has 13 heteroatoms. The molecular weight excluding hydrogens is 484 g/mol. The number of nitrogens with one attached hydrogen (secondary N) is 4. The predicted molar refractivity (Wildman–Crippen MR) is 129 cm³/mol. The number of benzene rings is 2. The highest BCUT2D eigenvalue weighted by molar-refractivity contribution is 6.09. The summed E-state index contributed by atoms with van der Waals surface area (Å²) in [5.74, 6) is -3.09. The highest BCUT2D eigenvalue weighted by Gasteiger charge is 2.49. The van der Waals surface area contributed by atoms with Crippen LogP contribution in [0.5, 0.6) is 0 Å². The van der Waals surface area contributed by atoms with Gasteiger partial charge in [-0.05, 0) is 18.1 Å². The van der Waals surface area contributed by atoms with Gasteiger partial charge in [-0.25, -0.2) is 14.4 Å². The van der Waals surface area contributed by atoms with Gasteiger partial charge in [0.15, 0.2) is 0 Å². The summed E-state index contributed by atoms with van der Waals surface area (Å²) in [4.78, 5) is 62.1. The third-order valence-corrected chi connectivity index (χ3v) is 5.66. The summed E-state index contributed by atoms with van der Waals surface area (Å²) < 4.78 is 4.99. The van der Waals surface area contributed by atoms with Crippen LogP contribution in [0.1, 0.15) is 23.6 Å². The Hall–Kier alpha value is -4.94. The fraction of sp³-hybridized carbons (Fsp3) is 0.250. The van der Waals surface area contributed by atoms with Crippen molar-refractivity contribution in [1.29, 1.82) is 5.41 Å². The van der Waals surface area contributed by atoms with Gasteiger partial charge in [-0.2, -0.15) is 0 Å². The van der Waals surface area contributed by atoms with Crippen molar-refractivity contribution in [2.45, 2.75) is 25.1 Å². The number of carboxylic acids is 1. The summed E-state index contributed by atoms with van der Waals surface area (Å²) in [5.41, 5.74) is 5.54. The molecule has 0 radical (unpaired) electrons. The molecule has 1 fully saturated rings. The van der Waals surface area contributed by atoms with Crippen molar-refractivity contribution in [2.75, 3.05) is 13.1 Å². The first-order chi connectivity index (χ1) is 17.5. The van der Waals surface area contributed by atoms with Crippen LogP contribution in [-0.2, 0) is 31.3 Å². The number of nitrogens with zero attached hydrogens (tertiary/aromatic N) is 1.